The number of unbranched alkanes of at least 4 members (excludes halogenated alkanes) is 1. The summed E-state index contributed by atoms with van der Waals surface area (Å²) < 4.78 is 0. The molecule has 1 aliphatic heterocycles. The van der Waals surface area contributed by atoms with Gasteiger partial charge in [0.1, 0.15) is 6.04 Å². The van der Waals surface area contributed by atoms with Crippen LogP contribution in [0.3, 0.4) is 0 Å². The van der Waals surface area contributed by atoms with Crippen molar-refractivity contribution in [1.29, 1.82) is 0 Å². The molecule has 1 aliphatic carbocycles. The number of likely N-dealkylation sites (N-methyl/N-ethyl adjacent to an activating group) is 1. The number of amides is 2. The number of aliphatic carboxylic acids is 1. The zero-order valence-electron chi connectivity index (χ0n) is 15.1. The van der Waals surface area contributed by atoms with Crippen LogP contribution in [0.2, 0.25) is 0 Å². The summed E-state index contributed by atoms with van der Waals surface area (Å²) in [5.74, 6) is 0.422. The number of hydrogen-bond donors (Lipinski definition) is 2. The molecule has 142 valence electrons. The highest BCUT2D eigenvalue weighted by Gasteiger charge is 2.39. The van der Waals surface area contributed by atoms with E-state index in [9.17, 15) is 14.4 Å². The summed E-state index contributed by atoms with van der Waals surface area (Å²) >= 11 is 1.62. The first-order valence-electron chi connectivity index (χ1n) is 9.09. The molecule has 0 aromatic rings. The van der Waals surface area contributed by atoms with Crippen LogP contribution in [0.4, 0.5) is 0 Å². The molecule has 0 aromatic carbocycles. The summed E-state index contributed by atoms with van der Waals surface area (Å²) in [5.41, 5.74) is 0. The van der Waals surface area contributed by atoms with Gasteiger partial charge in [-0.2, -0.15) is 0 Å². The number of nitrogens with zero attached hydrogens (tertiary/aromatic N) is 2. The molecule has 0 bridgehead atoms. The number of carbonyl (C=O) groups excluding carboxylic acids is 2. The second kappa shape index (κ2) is 9.43. The Morgan fingerprint density at radius 3 is 2.60 bits per heavy atom. The lowest BCUT2D eigenvalue weighted by Crippen LogP contribution is -2.58. The summed E-state index contributed by atoms with van der Waals surface area (Å²) in [6.07, 6.45) is 3.88. The van der Waals surface area contributed by atoms with E-state index in [0.29, 0.717) is 24.6 Å². The predicted octanol–water partition coefficient (Wildman–Crippen LogP) is 1.13. The first-order chi connectivity index (χ1) is 12.0. The molecule has 1 heterocycles. The van der Waals surface area contributed by atoms with Gasteiger partial charge in [-0.15, -0.1) is 11.8 Å². The minimum absolute atomic E-state index is 0.0425. The third-order valence-electron chi connectivity index (χ3n) is 4.97. The van der Waals surface area contributed by atoms with Crippen molar-refractivity contribution in [3.8, 4) is 0 Å². The first kappa shape index (κ1) is 20.0. The molecule has 1 saturated heterocycles. The highest BCUT2D eigenvalue weighted by molar-refractivity contribution is 7.99. The van der Waals surface area contributed by atoms with E-state index < -0.39 is 5.97 Å². The van der Waals surface area contributed by atoms with Gasteiger partial charge in [-0.25, -0.2) is 0 Å². The quantitative estimate of drug-likeness (QED) is 0.632. The smallest absolute Gasteiger partial charge is 0.317 e. The van der Waals surface area contributed by atoms with Crippen LogP contribution in [0.15, 0.2) is 0 Å². The van der Waals surface area contributed by atoms with Gasteiger partial charge in [0, 0.05) is 24.3 Å². The normalized spacial score (nSPS) is 25.7. The van der Waals surface area contributed by atoms with E-state index in [1.165, 1.54) is 0 Å². The third-order valence-corrected chi connectivity index (χ3v) is 5.98. The molecule has 7 nitrogen and oxygen atoms in total. The van der Waals surface area contributed by atoms with E-state index in [-0.39, 0.29) is 36.5 Å². The van der Waals surface area contributed by atoms with Crippen LogP contribution in [0.1, 0.15) is 46.0 Å². The zero-order chi connectivity index (χ0) is 18.4. The number of rotatable bonds is 9. The van der Waals surface area contributed by atoms with Gasteiger partial charge >= 0.3 is 5.97 Å². The van der Waals surface area contributed by atoms with Gasteiger partial charge in [-0.3, -0.25) is 19.3 Å². The van der Waals surface area contributed by atoms with Gasteiger partial charge in [0.2, 0.25) is 11.8 Å². The van der Waals surface area contributed by atoms with Crippen molar-refractivity contribution in [3.63, 3.8) is 0 Å². The fourth-order valence-electron chi connectivity index (χ4n) is 3.35. The molecule has 2 amide bonds. The Bertz CT molecular complexity index is 496. The number of thioether (sulfide) groups is 1. The molecule has 0 radical (unpaired) electrons. The molecule has 2 rings (SSSR count). The number of carboxylic acid groups (broad SMARTS) is 1. The predicted molar refractivity (Wildman–Crippen MR) is 97.3 cm³/mol. The van der Waals surface area contributed by atoms with Crippen LogP contribution in [-0.4, -0.2) is 75.5 Å². The Hall–Kier alpha value is -1.28. The van der Waals surface area contributed by atoms with Gasteiger partial charge in [-0.1, -0.05) is 20.3 Å². The monoisotopic (exact) mass is 371 g/mol. The maximum atomic E-state index is 12.5. The van der Waals surface area contributed by atoms with E-state index in [0.717, 1.165) is 25.7 Å². The van der Waals surface area contributed by atoms with Crippen LogP contribution in [-0.2, 0) is 14.4 Å². The largest absolute Gasteiger partial charge is 0.480 e. The van der Waals surface area contributed by atoms with Crippen LogP contribution >= 0.6 is 11.8 Å². The maximum absolute atomic E-state index is 12.5. The minimum atomic E-state index is -0.821. The molecular weight excluding hydrogens is 342 g/mol. The van der Waals surface area contributed by atoms with E-state index in [4.69, 9.17) is 5.11 Å². The molecule has 2 aliphatic rings. The molecule has 1 saturated carbocycles. The Labute approximate surface area is 153 Å². The standard InChI is InChI=1S/C17H29N3O4S/c1-3-5-6-15(21)20-11-25-10-14(20)17(24)18-12-7-13(8-12)19(4-2)9-16(22)23/h12-14H,3-11H2,1-2H3,(H,18,24)(H,22,23). The molecule has 0 aromatic heterocycles. The average Bonchev–Trinajstić information content (AvgIpc) is 3.03. The molecule has 25 heavy (non-hydrogen) atoms. The number of hydrogen-bond acceptors (Lipinski definition) is 5. The van der Waals surface area contributed by atoms with Crippen molar-refractivity contribution in [2.24, 2.45) is 0 Å². The van der Waals surface area contributed by atoms with Crippen molar-refractivity contribution in [3.05, 3.63) is 0 Å². The fourth-order valence-corrected chi connectivity index (χ4v) is 4.53. The summed E-state index contributed by atoms with van der Waals surface area (Å²) in [5, 5.41) is 12.0. The Kier molecular flexibility index (Phi) is 7.56. The van der Waals surface area contributed by atoms with E-state index in [1.54, 1.807) is 16.7 Å². The van der Waals surface area contributed by atoms with E-state index in [1.807, 2.05) is 18.7 Å². The van der Waals surface area contributed by atoms with Crippen molar-refractivity contribution in [2.45, 2.75) is 64.1 Å². The fraction of sp³-hybridized carbons (Fsp3) is 0.824. The second-order valence-electron chi connectivity index (χ2n) is 6.77. The van der Waals surface area contributed by atoms with Crippen LogP contribution in [0.5, 0.6) is 0 Å². The topological polar surface area (TPSA) is 90.0 Å². The van der Waals surface area contributed by atoms with Gasteiger partial charge in [0.25, 0.3) is 0 Å². The second-order valence-corrected chi connectivity index (χ2v) is 7.77. The minimum Gasteiger partial charge on any atom is -0.480 e. The van der Waals surface area contributed by atoms with Gasteiger partial charge in [0.05, 0.1) is 12.4 Å². The molecule has 8 heteroatoms. The molecule has 1 unspecified atom stereocenters. The summed E-state index contributed by atoms with van der Waals surface area (Å²) in [4.78, 5) is 39.3. The molecule has 2 N–H and O–H groups in total. The SMILES string of the molecule is CCCCC(=O)N1CSCC1C(=O)NC1CC(N(CC)CC(=O)O)C1. The molecule has 0 spiro atoms. The molecule has 1 atom stereocenters. The Morgan fingerprint density at radius 1 is 1.28 bits per heavy atom. The maximum Gasteiger partial charge on any atom is 0.317 e. The Balaban J connectivity index is 1.79. The van der Waals surface area contributed by atoms with Crippen molar-refractivity contribution < 1.29 is 19.5 Å². The lowest BCUT2D eigenvalue weighted by Gasteiger charge is -2.42. The van der Waals surface area contributed by atoms with Crippen molar-refractivity contribution in [1.82, 2.24) is 15.1 Å². The molecule has 2 fully saturated rings. The number of carboxylic acids is 1. The van der Waals surface area contributed by atoms with E-state index in [2.05, 4.69) is 5.32 Å². The lowest BCUT2D eigenvalue weighted by atomic mass is 9.85. The summed E-state index contributed by atoms with van der Waals surface area (Å²) in [6.45, 7) is 4.73. The molecular formula is C17H29N3O4S. The van der Waals surface area contributed by atoms with Crippen molar-refractivity contribution >= 4 is 29.5 Å². The van der Waals surface area contributed by atoms with Gasteiger partial charge < -0.3 is 15.3 Å². The Morgan fingerprint density at radius 2 is 2.00 bits per heavy atom. The highest BCUT2D eigenvalue weighted by Crippen LogP contribution is 2.27. The number of nitrogens with one attached hydrogen (secondary N) is 1. The first-order valence-corrected chi connectivity index (χ1v) is 10.2. The van der Waals surface area contributed by atoms with Crippen LogP contribution < -0.4 is 5.32 Å². The number of carbonyl (C=O) groups is 3. The van der Waals surface area contributed by atoms with Gasteiger partial charge in [0.15, 0.2) is 0 Å². The third kappa shape index (κ3) is 5.34. The summed E-state index contributed by atoms with van der Waals surface area (Å²) in [6, 6.07) is -0.0696. The van der Waals surface area contributed by atoms with Crippen LogP contribution in [0, 0.1) is 0 Å². The van der Waals surface area contributed by atoms with Gasteiger partial charge in [-0.05, 0) is 25.8 Å². The zero-order valence-corrected chi connectivity index (χ0v) is 15.9. The van der Waals surface area contributed by atoms with Crippen LogP contribution in [0.25, 0.3) is 0 Å². The lowest BCUT2D eigenvalue weighted by molar-refractivity contribution is -0.140. The highest BCUT2D eigenvalue weighted by atomic mass is 32.2. The average molecular weight is 372 g/mol. The summed E-state index contributed by atoms with van der Waals surface area (Å²) in [7, 11) is 0. The van der Waals surface area contributed by atoms with E-state index >= 15 is 0 Å². The van der Waals surface area contributed by atoms with Crippen molar-refractivity contribution in [2.75, 3.05) is 24.7 Å².